The Kier molecular flexibility index (Phi) is 3.80. The van der Waals surface area contributed by atoms with Gasteiger partial charge in [0.05, 0.1) is 11.3 Å². The molecule has 0 atom stereocenters. The maximum Gasteiger partial charge on any atom is 0.274 e. The second-order valence-electron chi connectivity index (χ2n) is 5.70. The molecular weight excluding hydrogens is 244 g/mol. The van der Waals surface area contributed by atoms with Crippen LogP contribution in [0.25, 0.3) is 0 Å². The van der Waals surface area contributed by atoms with Crippen molar-refractivity contribution in [3.05, 3.63) is 11.9 Å². The van der Waals surface area contributed by atoms with E-state index in [-0.39, 0.29) is 18.1 Å². The quantitative estimate of drug-likeness (QED) is 0.749. The molecule has 0 bridgehead atoms. The number of amides is 1. The van der Waals surface area contributed by atoms with Crippen LogP contribution in [0, 0.1) is 5.92 Å². The number of carbonyl (C=O) groups is 1. The third kappa shape index (κ3) is 3.26. The fraction of sp³-hybridized carbons (Fsp3) is 0.692. The fourth-order valence-corrected chi connectivity index (χ4v) is 2.49. The monoisotopic (exact) mass is 266 g/mol. The maximum atomic E-state index is 11.9. The van der Waals surface area contributed by atoms with Gasteiger partial charge >= 0.3 is 0 Å². The highest BCUT2D eigenvalue weighted by Crippen LogP contribution is 2.31. The molecule has 6 nitrogen and oxygen atoms in total. The van der Waals surface area contributed by atoms with Crippen molar-refractivity contribution in [1.82, 2.24) is 15.1 Å². The Balaban J connectivity index is 1.92. The van der Waals surface area contributed by atoms with Crippen molar-refractivity contribution in [3.8, 4) is 0 Å². The van der Waals surface area contributed by atoms with E-state index < -0.39 is 5.60 Å². The van der Waals surface area contributed by atoms with Crippen molar-refractivity contribution in [2.24, 2.45) is 13.0 Å². The van der Waals surface area contributed by atoms with E-state index in [9.17, 15) is 9.90 Å². The van der Waals surface area contributed by atoms with Crippen LogP contribution >= 0.6 is 0 Å². The lowest BCUT2D eigenvalue weighted by Crippen LogP contribution is -2.45. The average molecular weight is 266 g/mol. The Hall–Kier alpha value is -1.56. The summed E-state index contributed by atoms with van der Waals surface area (Å²) in [6.45, 7) is 2.45. The number of hydrogen-bond acceptors (Lipinski definition) is 4. The molecule has 6 heteroatoms. The van der Waals surface area contributed by atoms with Crippen molar-refractivity contribution in [2.45, 2.75) is 38.2 Å². The summed E-state index contributed by atoms with van der Waals surface area (Å²) in [6.07, 6.45) is 5.04. The van der Waals surface area contributed by atoms with Crippen molar-refractivity contribution in [1.29, 1.82) is 0 Å². The molecule has 0 saturated heterocycles. The van der Waals surface area contributed by atoms with Gasteiger partial charge in [-0.25, -0.2) is 0 Å². The van der Waals surface area contributed by atoms with Gasteiger partial charge in [0.25, 0.3) is 5.91 Å². The van der Waals surface area contributed by atoms with Gasteiger partial charge in [-0.15, -0.1) is 0 Å². The number of carbonyl (C=O) groups excluding carboxylic acids is 1. The van der Waals surface area contributed by atoms with E-state index in [0.717, 1.165) is 25.7 Å². The summed E-state index contributed by atoms with van der Waals surface area (Å²) in [7, 11) is 1.71. The molecule has 4 N–H and O–H groups in total. The van der Waals surface area contributed by atoms with E-state index >= 15 is 0 Å². The minimum Gasteiger partial charge on any atom is -0.396 e. The van der Waals surface area contributed by atoms with Gasteiger partial charge in [-0.3, -0.25) is 9.48 Å². The average Bonchev–Trinajstić information content (AvgIpc) is 2.70. The highest BCUT2D eigenvalue weighted by atomic mass is 16.3. The first-order valence-corrected chi connectivity index (χ1v) is 6.69. The Bertz CT molecular complexity index is 461. The summed E-state index contributed by atoms with van der Waals surface area (Å²) in [6, 6.07) is 0. The molecule has 0 radical (unpaired) electrons. The van der Waals surface area contributed by atoms with E-state index in [1.807, 2.05) is 0 Å². The molecule has 1 fully saturated rings. The van der Waals surface area contributed by atoms with E-state index in [1.165, 1.54) is 4.68 Å². The number of hydrogen-bond donors (Lipinski definition) is 3. The van der Waals surface area contributed by atoms with Crippen LogP contribution in [0.5, 0.6) is 0 Å². The molecule has 1 aliphatic carbocycles. The van der Waals surface area contributed by atoms with Crippen LogP contribution in [-0.4, -0.2) is 32.9 Å². The van der Waals surface area contributed by atoms with Gasteiger partial charge in [0, 0.05) is 19.8 Å². The topological polar surface area (TPSA) is 93.2 Å². The second-order valence-corrected chi connectivity index (χ2v) is 5.70. The summed E-state index contributed by atoms with van der Waals surface area (Å²) < 4.78 is 1.50. The SMILES string of the molecule is CC1CCC(O)(CNC(=O)c2nn(C)cc2N)CC1. The van der Waals surface area contributed by atoms with E-state index in [2.05, 4.69) is 17.3 Å². The molecule has 0 unspecified atom stereocenters. The van der Waals surface area contributed by atoms with Crippen LogP contribution < -0.4 is 11.1 Å². The minimum absolute atomic E-state index is 0.218. The van der Waals surface area contributed by atoms with Gasteiger partial charge in [-0.1, -0.05) is 6.92 Å². The van der Waals surface area contributed by atoms with Crippen LogP contribution in [0.1, 0.15) is 43.1 Å². The van der Waals surface area contributed by atoms with Gasteiger partial charge in [-0.2, -0.15) is 5.10 Å². The molecule has 1 saturated carbocycles. The maximum absolute atomic E-state index is 11.9. The first kappa shape index (κ1) is 13.9. The summed E-state index contributed by atoms with van der Waals surface area (Å²) in [5.74, 6) is 0.326. The lowest BCUT2D eigenvalue weighted by Gasteiger charge is -2.34. The predicted octanol–water partition coefficient (Wildman–Crippen LogP) is 0.673. The van der Waals surface area contributed by atoms with Crippen LogP contribution in [-0.2, 0) is 7.05 Å². The fourth-order valence-electron chi connectivity index (χ4n) is 2.49. The first-order valence-electron chi connectivity index (χ1n) is 6.69. The van der Waals surface area contributed by atoms with Crippen LogP contribution in [0.2, 0.25) is 0 Å². The number of aliphatic hydroxyl groups is 1. The lowest BCUT2D eigenvalue weighted by atomic mass is 9.79. The van der Waals surface area contributed by atoms with Crippen molar-refractivity contribution in [2.75, 3.05) is 12.3 Å². The number of aromatic nitrogens is 2. The Morgan fingerprint density at radius 2 is 2.26 bits per heavy atom. The lowest BCUT2D eigenvalue weighted by molar-refractivity contribution is -0.00543. The molecule has 1 amide bonds. The molecular formula is C13H22N4O2. The van der Waals surface area contributed by atoms with Gasteiger partial charge in [0.2, 0.25) is 0 Å². The number of rotatable bonds is 3. The summed E-state index contributed by atoms with van der Waals surface area (Å²) in [4.78, 5) is 11.9. The number of nitrogens with one attached hydrogen (secondary N) is 1. The molecule has 1 heterocycles. The van der Waals surface area contributed by atoms with Gasteiger partial charge < -0.3 is 16.2 Å². The van der Waals surface area contributed by atoms with Crippen molar-refractivity contribution >= 4 is 11.6 Å². The van der Waals surface area contributed by atoms with Crippen LogP contribution in [0.15, 0.2) is 6.20 Å². The summed E-state index contributed by atoms with van der Waals surface area (Å²) >= 11 is 0. The first-order chi connectivity index (χ1) is 8.89. The third-order valence-corrected chi connectivity index (χ3v) is 3.86. The van der Waals surface area contributed by atoms with E-state index in [1.54, 1.807) is 13.2 Å². The highest BCUT2D eigenvalue weighted by Gasteiger charge is 2.32. The van der Waals surface area contributed by atoms with Gasteiger partial charge in [-0.05, 0) is 31.6 Å². The number of anilines is 1. The molecule has 1 aromatic rings. The minimum atomic E-state index is -0.786. The Labute approximate surface area is 113 Å². The number of nitrogens with zero attached hydrogens (tertiary/aromatic N) is 2. The highest BCUT2D eigenvalue weighted by molar-refractivity contribution is 5.97. The molecule has 1 aliphatic rings. The second kappa shape index (κ2) is 5.21. The number of aryl methyl sites for hydroxylation is 1. The Morgan fingerprint density at radius 1 is 1.63 bits per heavy atom. The zero-order valence-electron chi connectivity index (χ0n) is 11.5. The number of nitrogen functional groups attached to an aromatic ring is 1. The van der Waals surface area contributed by atoms with E-state index in [4.69, 9.17) is 5.73 Å². The van der Waals surface area contributed by atoms with Crippen molar-refractivity contribution in [3.63, 3.8) is 0 Å². The third-order valence-electron chi connectivity index (χ3n) is 3.86. The smallest absolute Gasteiger partial charge is 0.274 e. The normalized spacial score (nSPS) is 27.2. The molecule has 2 rings (SSSR count). The molecule has 1 aromatic heterocycles. The van der Waals surface area contributed by atoms with Crippen molar-refractivity contribution < 1.29 is 9.90 Å². The largest absolute Gasteiger partial charge is 0.396 e. The van der Waals surface area contributed by atoms with Gasteiger partial charge in [0.15, 0.2) is 5.69 Å². The predicted molar refractivity (Wildman–Crippen MR) is 72.5 cm³/mol. The summed E-state index contributed by atoms with van der Waals surface area (Å²) in [5, 5.41) is 17.1. The van der Waals surface area contributed by atoms with Crippen LogP contribution in [0.4, 0.5) is 5.69 Å². The van der Waals surface area contributed by atoms with E-state index in [0.29, 0.717) is 11.6 Å². The Morgan fingerprint density at radius 3 is 2.79 bits per heavy atom. The molecule has 106 valence electrons. The molecule has 0 aromatic carbocycles. The number of nitrogens with two attached hydrogens (primary N) is 1. The standard InChI is InChI=1S/C13H22N4O2/c1-9-3-5-13(19,6-4-9)8-15-12(18)11-10(14)7-17(2)16-11/h7,9,19H,3-6,8,14H2,1-2H3,(H,15,18). The van der Waals surface area contributed by atoms with Gasteiger partial charge in [0.1, 0.15) is 0 Å². The zero-order valence-corrected chi connectivity index (χ0v) is 11.5. The van der Waals surface area contributed by atoms with Crippen LogP contribution in [0.3, 0.4) is 0 Å². The summed E-state index contributed by atoms with van der Waals surface area (Å²) in [5.41, 5.74) is 5.48. The molecule has 19 heavy (non-hydrogen) atoms. The molecule has 0 aliphatic heterocycles. The molecule has 0 spiro atoms. The zero-order chi connectivity index (χ0) is 14.0.